The zero-order valence-electron chi connectivity index (χ0n) is 8.83. The third-order valence-electron chi connectivity index (χ3n) is 2.09. The molecule has 3 nitrogen and oxygen atoms in total. The van der Waals surface area contributed by atoms with Gasteiger partial charge >= 0.3 is 0 Å². The molecule has 0 N–H and O–H groups in total. The van der Waals surface area contributed by atoms with Crippen LogP contribution in [-0.4, -0.2) is 10.8 Å². The van der Waals surface area contributed by atoms with Crippen molar-refractivity contribution in [2.75, 3.05) is 0 Å². The van der Waals surface area contributed by atoms with E-state index >= 15 is 0 Å². The molecule has 0 radical (unpaired) electrons. The molecule has 1 aromatic carbocycles. The van der Waals surface area contributed by atoms with Crippen LogP contribution in [0.1, 0.15) is 20.9 Å². The van der Waals surface area contributed by atoms with Crippen LogP contribution in [0.15, 0.2) is 41.9 Å². The Kier molecular flexibility index (Phi) is 3.43. The van der Waals surface area contributed by atoms with Crippen molar-refractivity contribution in [2.24, 2.45) is 0 Å². The molecule has 2 rings (SSSR count). The molecule has 2 aromatic rings. The Morgan fingerprint density at radius 2 is 2.35 bits per heavy atom. The van der Waals surface area contributed by atoms with Crippen molar-refractivity contribution in [3.05, 3.63) is 58.1 Å². The number of nitrogens with zero attached hydrogens (tertiary/aromatic N) is 2. The standard InChI is InChI=1S/C13H8N2OS/c14-9-11-3-1-2-10(8-11)4-5-12(16)13-15-6-7-17-13/h1-8H/b5-4+. The fraction of sp³-hybridized carbons (Fsp3) is 0. The number of hydrogen-bond donors (Lipinski definition) is 0. The lowest BCUT2D eigenvalue weighted by molar-refractivity contribution is 0.104. The quantitative estimate of drug-likeness (QED) is 0.612. The zero-order valence-corrected chi connectivity index (χ0v) is 9.65. The molecular formula is C13H8N2OS. The van der Waals surface area contributed by atoms with Gasteiger partial charge in [-0.15, -0.1) is 11.3 Å². The lowest BCUT2D eigenvalue weighted by Crippen LogP contribution is -1.91. The molecule has 0 bridgehead atoms. The molecule has 0 spiro atoms. The minimum atomic E-state index is -0.123. The van der Waals surface area contributed by atoms with Gasteiger partial charge in [-0.3, -0.25) is 4.79 Å². The molecule has 0 saturated carbocycles. The number of ketones is 1. The summed E-state index contributed by atoms with van der Waals surface area (Å²) in [6, 6.07) is 9.13. The molecule has 82 valence electrons. The van der Waals surface area contributed by atoms with E-state index in [0.29, 0.717) is 10.6 Å². The zero-order chi connectivity index (χ0) is 12.1. The van der Waals surface area contributed by atoms with E-state index in [1.165, 1.54) is 17.4 Å². The number of carbonyl (C=O) groups is 1. The summed E-state index contributed by atoms with van der Waals surface area (Å²) in [6.45, 7) is 0. The number of carbonyl (C=O) groups excluding carboxylic acids is 1. The van der Waals surface area contributed by atoms with Crippen LogP contribution in [0.25, 0.3) is 6.08 Å². The Bertz CT molecular complexity index is 594. The first-order valence-electron chi connectivity index (χ1n) is 4.91. The normalized spacial score (nSPS) is 10.3. The number of allylic oxidation sites excluding steroid dienone is 1. The average Bonchev–Trinajstić information content (AvgIpc) is 2.90. The van der Waals surface area contributed by atoms with Crippen LogP contribution in [0.3, 0.4) is 0 Å². The first-order chi connectivity index (χ1) is 8.29. The number of aromatic nitrogens is 1. The molecule has 0 fully saturated rings. The number of hydrogen-bond acceptors (Lipinski definition) is 4. The number of rotatable bonds is 3. The van der Waals surface area contributed by atoms with Gasteiger partial charge < -0.3 is 0 Å². The summed E-state index contributed by atoms with van der Waals surface area (Å²) in [6.07, 6.45) is 4.75. The first-order valence-corrected chi connectivity index (χ1v) is 5.79. The third-order valence-corrected chi connectivity index (χ3v) is 2.87. The van der Waals surface area contributed by atoms with Crippen molar-refractivity contribution >= 4 is 23.2 Å². The summed E-state index contributed by atoms with van der Waals surface area (Å²) in [5.74, 6) is -0.123. The van der Waals surface area contributed by atoms with Crippen LogP contribution in [-0.2, 0) is 0 Å². The predicted octanol–water partition coefficient (Wildman–Crippen LogP) is 2.91. The van der Waals surface area contributed by atoms with Gasteiger partial charge in [0.05, 0.1) is 11.6 Å². The van der Waals surface area contributed by atoms with Crippen LogP contribution in [0.5, 0.6) is 0 Å². The minimum Gasteiger partial charge on any atom is -0.287 e. The van der Waals surface area contributed by atoms with E-state index in [2.05, 4.69) is 11.1 Å². The van der Waals surface area contributed by atoms with E-state index in [1.807, 2.05) is 6.07 Å². The van der Waals surface area contributed by atoms with Gasteiger partial charge in [0.1, 0.15) is 0 Å². The summed E-state index contributed by atoms with van der Waals surface area (Å²) in [5.41, 5.74) is 1.41. The van der Waals surface area contributed by atoms with Crippen molar-refractivity contribution in [3.63, 3.8) is 0 Å². The maximum atomic E-state index is 11.6. The maximum Gasteiger partial charge on any atom is 0.214 e. The minimum absolute atomic E-state index is 0.123. The molecule has 0 saturated heterocycles. The lowest BCUT2D eigenvalue weighted by atomic mass is 10.1. The van der Waals surface area contributed by atoms with E-state index in [1.54, 1.807) is 35.9 Å². The second kappa shape index (κ2) is 5.19. The Hall–Kier alpha value is -2.25. The largest absolute Gasteiger partial charge is 0.287 e. The third kappa shape index (κ3) is 2.86. The van der Waals surface area contributed by atoms with Crippen LogP contribution in [0.4, 0.5) is 0 Å². The molecule has 0 amide bonds. The monoisotopic (exact) mass is 240 g/mol. The van der Waals surface area contributed by atoms with Crippen LogP contribution in [0.2, 0.25) is 0 Å². The van der Waals surface area contributed by atoms with Gasteiger partial charge in [0.2, 0.25) is 5.78 Å². The van der Waals surface area contributed by atoms with Gasteiger partial charge in [0.25, 0.3) is 0 Å². The van der Waals surface area contributed by atoms with E-state index in [9.17, 15) is 4.79 Å². The average molecular weight is 240 g/mol. The highest BCUT2D eigenvalue weighted by Crippen LogP contribution is 2.09. The molecule has 0 unspecified atom stereocenters. The highest BCUT2D eigenvalue weighted by atomic mass is 32.1. The molecule has 17 heavy (non-hydrogen) atoms. The van der Waals surface area contributed by atoms with Gasteiger partial charge in [0, 0.05) is 11.6 Å². The van der Waals surface area contributed by atoms with E-state index in [0.717, 1.165) is 5.56 Å². The van der Waals surface area contributed by atoms with Gasteiger partial charge in [-0.25, -0.2) is 4.98 Å². The first kappa shape index (κ1) is 11.2. The highest BCUT2D eigenvalue weighted by Gasteiger charge is 2.03. The number of thiazole rings is 1. The highest BCUT2D eigenvalue weighted by molar-refractivity contribution is 7.11. The van der Waals surface area contributed by atoms with Crippen molar-refractivity contribution in [2.45, 2.75) is 0 Å². The number of nitriles is 1. The predicted molar refractivity (Wildman–Crippen MR) is 66.6 cm³/mol. The van der Waals surface area contributed by atoms with Crippen LogP contribution in [0, 0.1) is 11.3 Å². The van der Waals surface area contributed by atoms with Gasteiger partial charge in [-0.05, 0) is 23.8 Å². The smallest absolute Gasteiger partial charge is 0.214 e. The molecule has 4 heteroatoms. The topological polar surface area (TPSA) is 53.8 Å². The molecule has 0 aliphatic rings. The second-order valence-electron chi connectivity index (χ2n) is 3.27. The molecule has 1 aromatic heterocycles. The Morgan fingerprint density at radius 1 is 1.47 bits per heavy atom. The molecule has 0 atom stereocenters. The second-order valence-corrected chi connectivity index (χ2v) is 4.17. The van der Waals surface area contributed by atoms with Gasteiger partial charge in [-0.2, -0.15) is 5.26 Å². The van der Waals surface area contributed by atoms with E-state index in [-0.39, 0.29) is 5.78 Å². The van der Waals surface area contributed by atoms with Crippen molar-refractivity contribution in [1.82, 2.24) is 4.98 Å². The molecule has 1 heterocycles. The maximum absolute atomic E-state index is 11.6. The fourth-order valence-electron chi connectivity index (χ4n) is 1.30. The lowest BCUT2D eigenvalue weighted by Gasteiger charge is -1.93. The molecular weight excluding hydrogens is 232 g/mol. The summed E-state index contributed by atoms with van der Waals surface area (Å²) in [7, 11) is 0. The summed E-state index contributed by atoms with van der Waals surface area (Å²) < 4.78 is 0. The molecule has 0 aliphatic heterocycles. The Balaban J connectivity index is 2.16. The summed E-state index contributed by atoms with van der Waals surface area (Å²) in [5, 5.41) is 11.0. The van der Waals surface area contributed by atoms with E-state index in [4.69, 9.17) is 5.26 Å². The summed E-state index contributed by atoms with van der Waals surface area (Å²) in [4.78, 5) is 15.6. The van der Waals surface area contributed by atoms with Crippen molar-refractivity contribution in [1.29, 1.82) is 5.26 Å². The van der Waals surface area contributed by atoms with Gasteiger partial charge in [0.15, 0.2) is 5.01 Å². The van der Waals surface area contributed by atoms with Crippen molar-refractivity contribution < 1.29 is 4.79 Å². The van der Waals surface area contributed by atoms with Crippen LogP contribution >= 0.6 is 11.3 Å². The molecule has 0 aliphatic carbocycles. The van der Waals surface area contributed by atoms with Crippen molar-refractivity contribution in [3.8, 4) is 6.07 Å². The Morgan fingerprint density at radius 3 is 3.06 bits per heavy atom. The SMILES string of the molecule is N#Cc1cccc(/C=C/C(=O)c2nccs2)c1. The fourth-order valence-corrected chi connectivity index (χ4v) is 1.86. The van der Waals surface area contributed by atoms with Gasteiger partial charge in [-0.1, -0.05) is 18.2 Å². The van der Waals surface area contributed by atoms with E-state index < -0.39 is 0 Å². The summed E-state index contributed by atoms with van der Waals surface area (Å²) >= 11 is 1.31. The Labute approximate surface area is 103 Å². The number of benzene rings is 1. The van der Waals surface area contributed by atoms with Crippen LogP contribution < -0.4 is 0 Å².